The van der Waals surface area contributed by atoms with Crippen molar-refractivity contribution < 1.29 is 9.59 Å². The van der Waals surface area contributed by atoms with Crippen LogP contribution in [0, 0.1) is 0 Å². The summed E-state index contributed by atoms with van der Waals surface area (Å²) >= 11 is 0. The fraction of sp³-hybridized carbons (Fsp3) is 0.300. The Balaban J connectivity index is 1.80. The number of nitrogens with one attached hydrogen (secondary N) is 2. The van der Waals surface area contributed by atoms with Crippen LogP contribution in [-0.4, -0.2) is 18.4 Å². The van der Waals surface area contributed by atoms with E-state index in [4.69, 9.17) is 5.73 Å². The first-order chi connectivity index (χ1) is 12.1. The Morgan fingerprint density at radius 3 is 2.32 bits per heavy atom. The van der Waals surface area contributed by atoms with Gasteiger partial charge in [0.05, 0.1) is 0 Å². The number of unbranched alkanes of at least 4 members (excludes halogenated alkanes) is 1. The van der Waals surface area contributed by atoms with Crippen LogP contribution >= 0.6 is 0 Å². The van der Waals surface area contributed by atoms with E-state index in [1.165, 1.54) is 0 Å². The summed E-state index contributed by atoms with van der Waals surface area (Å²) < 4.78 is 0. The number of hydrogen-bond acceptors (Lipinski definition) is 3. The van der Waals surface area contributed by atoms with Gasteiger partial charge in [-0.15, -0.1) is 0 Å². The van der Waals surface area contributed by atoms with Gasteiger partial charge in [0.25, 0.3) is 5.91 Å². The standard InChI is InChI=1S/C20H25N3O2/c1-2-3-14-22-20(25)16-7-11-18(12-8-16)23-19(24)13-6-15-4-9-17(21)10-5-15/h4-5,7-12H,2-3,6,13-14,21H2,1H3,(H,22,25)(H,23,24). The molecule has 0 aromatic heterocycles. The van der Waals surface area contributed by atoms with Crippen molar-refractivity contribution in [2.24, 2.45) is 0 Å². The highest BCUT2D eigenvalue weighted by Gasteiger charge is 2.06. The van der Waals surface area contributed by atoms with Crippen molar-refractivity contribution in [1.82, 2.24) is 5.32 Å². The van der Waals surface area contributed by atoms with E-state index in [1.807, 2.05) is 24.3 Å². The van der Waals surface area contributed by atoms with Crippen molar-refractivity contribution in [2.45, 2.75) is 32.6 Å². The maximum Gasteiger partial charge on any atom is 0.251 e. The molecule has 0 aliphatic carbocycles. The van der Waals surface area contributed by atoms with E-state index in [0.717, 1.165) is 18.4 Å². The molecule has 0 atom stereocenters. The van der Waals surface area contributed by atoms with E-state index < -0.39 is 0 Å². The van der Waals surface area contributed by atoms with Gasteiger partial charge in [-0.1, -0.05) is 25.5 Å². The average Bonchev–Trinajstić information content (AvgIpc) is 2.62. The number of hydrogen-bond donors (Lipinski definition) is 3. The summed E-state index contributed by atoms with van der Waals surface area (Å²) in [4.78, 5) is 24.0. The highest BCUT2D eigenvalue weighted by molar-refractivity contribution is 5.95. The lowest BCUT2D eigenvalue weighted by Gasteiger charge is -2.08. The summed E-state index contributed by atoms with van der Waals surface area (Å²) in [5.41, 5.74) is 8.71. The molecule has 4 N–H and O–H groups in total. The summed E-state index contributed by atoms with van der Waals surface area (Å²) in [7, 11) is 0. The van der Waals surface area contributed by atoms with Crippen LogP contribution < -0.4 is 16.4 Å². The van der Waals surface area contributed by atoms with Crippen molar-refractivity contribution in [3.05, 3.63) is 59.7 Å². The molecule has 0 saturated carbocycles. The van der Waals surface area contributed by atoms with Crippen LogP contribution in [-0.2, 0) is 11.2 Å². The normalized spacial score (nSPS) is 10.3. The number of carbonyl (C=O) groups excluding carboxylic acids is 2. The van der Waals surface area contributed by atoms with Gasteiger partial charge in [0.1, 0.15) is 0 Å². The maximum absolute atomic E-state index is 12.0. The zero-order valence-electron chi connectivity index (χ0n) is 14.5. The van der Waals surface area contributed by atoms with Gasteiger partial charge in [0.15, 0.2) is 0 Å². The molecule has 0 saturated heterocycles. The van der Waals surface area contributed by atoms with Crippen LogP contribution in [0.25, 0.3) is 0 Å². The van der Waals surface area contributed by atoms with Crippen molar-refractivity contribution in [2.75, 3.05) is 17.6 Å². The SMILES string of the molecule is CCCCNC(=O)c1ccc(NC(=O)CCc2ccc(N)cc2)cc1. The lowest BCUT2D eigenvalue weighted by molar-refractivity contribution is -0.116. The van der Waals surface area contributed by atoms with Crippen molar-refractivity contribution in [1.29, 1.82) is 0 Å². The molecule has 0 bridgehead atoms. The Labute approximate surface area is 148 Å². The van der Waals surface area contributed by atoms with Crippen molar-refractivity contribution in [3.8, 4) is 0 Å². The number of aryl methyl sites for hydroxylation is 1. The molecule has 0 heterocycles. The summed E-state index contributed by atoms with van der Waals surface area (Å²) in [6, 6.07) is 14.4. The van der Waals surface area contributed by atoms with E-state index in [9.17, 15) is 9.59 Å². The largest absolute Gasteiger partial charge is 0.399 e. The van der Waals surface area contributed by atoms with Crippen molar-refractivity contribution in [3.63, 3.8) is 0 Å². The van der Waals surface area contributed by atoms with Crippen LogP contribution in [0.3, 0.4) is 0 Å². The molecule has 2 aromatic carbocycles. The van der Waals surface area contributed by atoms with Gasteiger partial charge < -0.3 is 16.4 Å². The Morgan fingerprint density at radius 1 is 1.00 bits per heavy atom. The molecule has 0 aliphatic rings. The number of nitrogens with two attached hydrogens (primary N) is 1. The second-order valence-electron chi connectivity index (χ2n) is 5.98. The summed E-state index contributed by atoms with van der Waals surface area (Å²) in [6.07, 6.45) is 3.06. The first kappa shape index (κ1) is 18.5. The highest BCUT2D eigenvalue weighted by Crippen LogP contribution is 2.12. The molecule has 2 aromatic rings. The average molecular weight is 339 g/mol. The minimum absolute atomic E-state index is 0.0584. The van der Waals surface area contributed by atoms with E-state index in [1.54, 1.807) is 24.3 Å². The second kappa shape index (κ2) is 9.47. The zero-order chi connectivity index (χ0) is 18.1. The first-order valence-corrected chi connectivity index (χ1v) is 8.61. The smallest absolute Gasteiger partial charge is 0.251 e. The van der Waals surface area contributed by atoms with E-state index >= 15 is 0 Å². The third kappa shape index (κ3) is 6.30. The first-order valence-electron chi connectivity index (χ1n) is 8.61. The van der Waals surface area contributed by atoms with Crippen LogP contribution in [0.2, 0.25) is 0 Å². The third-order valence-electron chi connectivity index (χ3n) is 3.87. The minimum atomic E-state index is -0.0883. The molecule has 0 unspecified atom stereocenters. The molecule has 0 spiro atoms. The minimum Gasteiger partial charge on any atom is -0.399 e. The number of benzene rings is 2. The Hall–Kier alpha value is -2.82. The van der Waals surface area contributed by atoms with Gasteiger partial charge in [-0.25, -0.2) is 0 Å². The number of amides is 2. The van der Waals surface area contributed by atoms with Gasteiger partial charge in [-0.05, 0) is 54.8 Å². The Morgan fingerprint density at radius 2 is 1.68 bits per heavy atom. The lowest BCUT2D eigenvalue weighted by atomic mass is 10.1. The highest BCUT2D eigenvalue weighted by atomic mass is 16.2. The predicted molar refractivity (Wildman–Crippen MR) is 101 cm³/mol. The van der Waals surface area contributed by atoms with Gasteiger partial charge >= 0.3 is 0 Å². The van der Waals surface area contributed by atoms with Gasteiger partial charge in [-0.3, -0.25) is 9.59 Å². The molecule has 0 fully saturated rings. The molecule has 2 rings (SSSR count). The molecule has 2 amide bonds. The fourth-order valence-corrected chi connectivity index (χ4v) is 2.35. The molecule has 5 nitrogen and oxygen atoms in total. The molecule has 0 radical (unpaired) electrons. The number of nitrogen functional groups attached to an aromatic ring is 1. The van der Waals surface area contributed by atoms with Crippen LogP contribution in [0.4, 0.5) is 11.4 Å². The molecular weight excluding hydrogens is 314 g/mol. The van der Waals surface area contributed by atoms with Crippen LogP contribution in [0.5, 0.6) is 0 Å². The molecular formula is C20H25N3O2. The topological polar surface area (TPSA) is 84.2 Å². The molecule has 25 heavy (non-hydrogen) atoms. The predicted octanol–water partition coefficient (Wildman–Crippen LogP) is 3.37. The lowest BCUT2D eigenvalue weighted by Crippen LogP contribution is -2.24. The fourth-order valence-electron chi connectivity index (χ4n) is 2.35. The van der Waals surface area contributed by atoms with E-state index in [0.29, 0.717) is 36.3 Å². The zero-order valence-corrected chi connectivity index (χ0v) is 14.5. The van der Waals surface area contributed by atoms with Gasteiger partial charge in [-0.2, -0.15) is 0 Å². The summed E-state index contributed by atoms with van der Waals surface area (Å²) in [5, 5.41) is 5.71. The van der Waals surface area contributed by atoms with E-state index in [2.05, 4.69) is 17.6 Å². The third-order valence-corrected chi connectivity index (χ3v) is 3.87. The number of anilines is 2. The Kier molecular flexibility index (Phi) is 7.01. The number of rotatable bonds is 8. The van der Waals surface area contributed by atoms with Crippen molar-refractivity contribution >= 4 is 23.2 Å². The Bertz CT molecular complexity index is 694. The molecule has 5 heteroatoms. The number of carbonyl (C=O) groups is 2. The van der Waals surface area contributed by atoms with Gasteiger partial charge in [0.2, 0.25) is 5.91 Å². The quantitative estimate of drug-likeness (QED) is 0.509. The van der Waals surface area contributed by atoms with Gasteiger partial charge in [0, 0.05) is 29.9 Å². The monoisotopic (exact) mass is 339 g/mol. The van der Waals surface area contributed by atoms with Crippen LogP contribution in [0.15, 0.2) is 48.5 Å². The summed E-state index contributed by atoms with van der Waals surface area (Å²) in [5.74, 6) is -0.147. The summed E-state index contributed by atoms with van der Waals surface area (Å²) in [6.45, 7) is 2.76. The second-order valence-corrected chi connectivity index (χ2v) is 5.98. The van der Waals surface area contributed by atoms with E-state index in [-0.39, 0.29) is 11.8 Å². The van der Waals surface area contributed by atoms with Crippen LogP contribution in [0.1, 0.15) is 42.1 Å². The maximum atomic E-state index is 12.0. The molecule has 132 valence electrons. The molecule has 0 aliphatic heterocycles.